The van der Waals surface area contributed by atoms with Gasteiger partial charge in [0.15, 0.2) is 0 Å². The Balaban J connectivity index is 2.62. The van der Waals surface area contributed by atoms with E-state index in [2.05, 4.69) is 69.1 Å². The van der Waals surface area contributed by atoms with Crippen LogP contribution in [0.4, 0.5) is 5.69 Å². The van der Waals surface area contributed by atoms with Crippen LogP contribution in [0.15, 0.2) is 24.3 Å². The van der Waals surface area contributed by atoms with Gasteiger partial charge in [0.1, 0.15) is 0 Å². The Labute approximate surface area is 106 Å². The standard InChI is InChI=1S/C15H26N2/c1-6-17(7-2)14-10-8-13(9-11-14)12-16-15(3,4)5/h8-11,16H,6-7,12H2,1-5H3. The van der Waals surface area contributed by atoms with E-state index in [-0.39, 0.29) is 5.54 Å². The molecule has 0 radical (unpaired) electrons. The summed E-state index contributed by atoms with van der Waals surface area (Å²) in [5.74, 6) is 0. The highest BCUT2D eigenvalue weighted by atomic mass is 15.1. The Morgan fingerprint density at radius 1 is 1.00 bits per heavy atom. The maximum Gasteiger partial charge on any atom is 0.0366 e. The van der Waals surface area contributed by atoms with Gasteiger partial charge in [-0.3, -0.25) is 0 Å². The van der Waals surface area contributed by atoms with Crippen molar-refractivity contribution in [3.05, 3.63) is 29.8 Å². The molecular formula is C15H26N2. The number of hydrogen-bond acceptors (Lipinski definition) is 2. The lowest BCUT2D eigenvalue weighted by molar-refractivity contribution is 0.424. The van der Waals surface area contributed by atoms with Gasteiger partial charge < -0.3 is 10.2 Å². The van der Waals surface area contributed by atoms with Crippen molar-refractivity contribution in [3.63, 3.8) is 0 Å². The summed E-state index contributed by atoms with van der Waals surface area (Å²) < 4.78 is 0. The molecule has 1 aromatic rings. The van der Waals surface area contributed by atoms with Gasteiger partial charge in [-0.1, -0.05) is 12.1 Å². The summed E-state index contributed by atoms with van der Waals surface area (Å²) in [6.45, 7) is 14.0. The molecule has 0 amide bonds. The van der Waals surface area contributed by atoms with E-state index in [1.807, 2.05) is 0 Å². The van der Waals surface area contributed by atoms with Crippen molar-refractivity contribution in [1.82, 2.24) is 5.32 Å². The second-order valence-electron chi connectivity index (χ2n) is 5.44. The summed E-state index contributed by atoms with van der Waals surface area (Å²) in [5, 5.41) is 3.50. The summed E-state index contributed by atoms with van der Waals surface area (Å²) >= 11 is 0. The van der Waals surface area contributed by atoms with Gasteiger partial charge in [0.25, 0.3) is 0 Å². The van der Waals surface area contributed by atoms with Crippen molar-refractivity contribution in [2.75, 3.05) is 18.0 Å². The van der Waals surface area contributed by atoms with Gasteiger partial charge in [0.2, 0.25) is 0 Å². The van der Waals surface area contributed by atoms with Crippen LogP contribution in [0, 0.1) is 0 Å². The molecule has 1 aromatic carbocycles. The van der Waals surface area contributed by atoms with Crippen LogP contribution in [0.1, 0.15) is 40.2 Å². The minimum atomic E-state index is 0.178. The first-order valence-electron chi connectivity index (χ1n) is 6.55. The fourth-order valence-electron chi connectivity index (χ4n) is 1.78. The highest BCUT2D eigenvalue weighted by Crippen LogP contribution is 2.15. The van der Waals surface area contributed by atoms with Crippen LogP contribution < -0.4 is 10.2 Å². The number of anilines is 1. The Morgan fingerprint density at radius 2 is 1.53 bits per heavy atom. The van der Waals surface area contributed by atoms with Crippen molar-refractivity contribution in [3.8, 4) is 0 Å². The lowest BCUT2D eigenvalue weighted by Gasteiger charge is -2.22. The summed E-state index contributed by atoms with van der Waals surface area (Å²) in [6.07, 6.45) is 0. The molecule has 0 heterocycles. The molecule has 2 heteroatoms. The molecule has 0 fully saturated rings. The van der Waals surface area contributed by atoms with Gasteiger partial charge in [-0.2, -0.15) is 0 Å². The quantitative estimate of drug-likeness (QED) is 0.840. The zero-order valence-electron chi connectivity index (χ0n) is 11.9. The molecule has 1 rings (SSSR count). The van der Waals surface area contributed by atoms with Gasteiger partial charge in [0.05, 0.1) is 0 Å². The SMILES string of the molecule is CCN(CC)c1ccc(CNC(C)(C)C)cc1. The summed E-state index contributed by atoms with van der Waals surface area (Å²) in [5.41, 5.74) is 2.84. The fourth-order valence-corrected chi connectivity index (χ4v) is 1.78. The summed E-state index contributed by atoms with van der Waals surface area (Å²) in [7, 11) is 0. The van der Waals surface area contributed by atoms with E-state index in [9.17, 15) is 0 Å². The number of nitrogens with zero attached hydrogens (tertiary/aromatic N) is 1. The molecule has 0 aliphatic heterocycles. The van der Waals surface area contributed by atoms with E-state index in [1.54, 1.807) is 0 Å². The van der Waals surface area contributed by atoms with E-state index < -0.39 is 0 Å². The number of rotatable bonds is 5. The summed E-state index contributed by atoms with van der Waals surface area (Å²) in [6, 6.07) is 8.86. The number of nitrogens with one attached hydrogen (secondary N) is 1. The predicted molar refractivity (Wildman–Crippen MR) is 76.6 cm³/mol. The molecule has 2 nitrogen and oxygen atoms in total. The van der Waals surface area contributed by atoms with E-state index in [0.717, 1.165) is 19.6 Å². The van der Waals surface area contributed by atoms with Crippen molar-refractivity contribution in [1.29, 1.82) is 0 Å². The first kappa shape index (κ1) is 14.0. The Hall–Kier alpha value is -1.02. The van der Waals surface area contributed by atoms with Gasteiger partial charge in [0, 0.05) is 30.9 Å². The molecule has 0 saturated carbocycles. The van der Waals surface area contributed by atoms with Crippen LogP contribution in [0.3, 0.4) is 0 Å². The van der Waals surface area contributed by atoms with Crippen molar-refractivity contribution >= 4 is 5.69 Å². The average Bonchev–Trinajstić information content (AvgIpc) is 2.29. The molecule has 96 valence electrons. The lowest BCUT2D eigenvalue weighted by Crippen LogP contribution is -2.35. The molecule has 0 bridgehead atoms. The lowest BCUT2D eigenvalue weighted by atomic mass is 10.1. The Bertz CT molecular complexity index is 318. The van der Waals surface area contributed by atoms with Crippen LogP contribution in [0.5, 0.6) is 0 Å². The molecule has 0 unspecified atom stereocenters. The molecule has 0 spiro atoms. The van der Waals surface area contributed by atoms with E-state index in [1.165, 1.54) is 11.3 Å². The van der Waals surface area contributed by atoms with Crippen LogP contribution in [0.2, 0.25) is 0 Å². The molecule has 0 saturated heterocycles. The van der Waals surface area contributed by atoms with Gasteiger partial charge >= 0.3 is 0 Å². The van der Waals surface area contributed by atoms with Crippen molar-refractivity contribution in [2.24, 2.45) is 0 Å². The minimum Gasteiger partial charge on any atom is -0.372 e. The van der Waals surface area contributed by atoms with E-state index >= 15 is 0 Å². The second kappa shape index (κ2) is 6.06. The van der Waals surface area contributed by atoms with Crippen molar-refractivity contribution < 1.29 is 0 Å². The third-order valence-electron chi connectivity index (χ3n) is 2.89. The maximum atomic E-state index is 3.50. The number of benzene rings is 1. The zero-order chi connectivity index (χ0) is 12.9. The molecule has 17 heavy (non-hydrogen) atoms. The maximum absolute atomic E-state index is 3.50. The van der Waals surface area contributed by atoms with Crippen LogP contribution >= 0.6 is 0 Å². The highest BCUT2D eigenvalue weighted by molar-refractivity contribution is 5.47. The van der Waals surface area contributed by atoms with E-state index in [4.69, 9.17) is 0 Å². The van der Waals surface area contributed by atoms with E-state index in [0.29, 0.717) is 0 Å². The molecule has 0 aliphatic rings. The van der Waals surface area contributed by atoms with Gasteiger partial charge in [-0.25, -0.2) is 0 Å². The predicted octanol–water partition coefficient (Wildman–Crippen LogP) is 3.42. The topological polar surface area (TPSA) is 15.3 Å². The first-order chi connectivity index (χ1) is 7.96. The van der Waals surface area contributed by atoms with Crippen molar-refractivity contribution in [2.45, 2.75) is 46.7 Å². The third kappa shape index (κ3) is 4.78. The largest absolute Gasteiger partial charge is 0.372 e. The second-order valence-corrected chi connectivity index (χ2v) is 5.44. The van der Waals surface area contributed by atoms with Crippen LogP contribution in [-0.2, 0) is 6.54 Å². The minimum absolute atomic E-state index is 0.178. The normalized spacial score (nSPS) is 11.6. The van der Waals surface area contributed by atoms with Crippen LogP contribution in [-0.4, -0.2) is 18.6 Å². The first-order valence-corrected chi connectivity index (χ1v) is 6.55. The zero-order valence-corrected chi connectivity index (χ0v) is 11.9. The van der Waals surface area contributed by atoms with Crippen LogP contribution in [0.25, 0.3) is 0 Å². The Kier molecular flexibility index (Phi) is 5.01. The molecule has 0 atom stereocenters. The fraction of sp³-hybridized carbons (Fsp3) is 0.600. The summed E-state index contributed by atoms with van der Waals surface area (Å²) in [4.78, 5) is 2.36. The monoisotopic (exact) mass is 234 g/mol. The van der Waals surface area contributed by atoms with Gasteiger partial charge in [-0.15, -0.1) is 0 Å². The third-order valence-corrected chi connectivity index (χ3v) is 2.89. The number of hydrogen-bond donors (Lipinski definition) is 1. The van der Waals surface area contributed by atoms with Gasteiger partial charge in [-0.05, 0) is 52.3 Å². The Morgan fingerprint density at radius 3 is 1.94 bits per heavy atom. The molecule has 0 aromatic heterocycles. The smallest absolute Gasteiger partial charge is 0.0366 e. The molecule has 0 aliphatic carbocycles. The molecular weight excluding hydrogens is 208 g/mol. The highest BCUT2D eigenvalue weighted by Gasteiger charge is 2.08. The molecule has 1 N–H and O–H groups in total. The average molecular weight is 234 g/mol.